The molecule has 0 N–H and O–H groups in total. The summed E-state index contributed by atoms with van der Waals surface area (Å²) in [6.45, 7) is 3.88. The van der Waals surface area contributed by atoms with Crippen molar-refractivity contribution in [2.45, 2.75) is 33.0 Å². The van der Waals surface area contributed by atoms with Crippen LogP contribution in [0.15, 0.2) is 36.4 Å². The van der Waals surface area contributed by atoms with E-state index in [1.165, 1.54) is 0 Å². The van der Waals surface area contributed by atoms with Crippen LogP contribution in [0, 0.1) is 17.0 Å². The Morgan fingerprint density at radius 1 is 1.00 bits per heavy atom. The van der Waals surface area contributed by atoms with Crippen LogP contribution in [0.3, 0.4) is 0 Å². The maximum Gasteiger partial charge on any atom is 0.510 e. The van der Waals surface area contributed by atoms with Gasteiger partial charge in [-0.05, 0) is 37.1 Å². The number of ether oxygens (including phenoxy) is 3. The highest BCUT2D eigenvalue weighted by Gasteiger charge is 2.20. The molecule has 2 aromatic rings. The van der Waals surface area contributed by atoms with E-state index in [1.807, 2.05) is 43.3 Å². The maximum absolute atomic E-state index is 12.3. The molecule has 0 fully saturated rings. The number of carbonyl (C=O) groups excluding carboxylic acids is 2. The third-order valence-corrected chi connectivity index (χ3v) is 6.20. The lowest BCUT2D eigenvalue weighted by atomic mass is 9.97. The van der Waals surface area contributed by atoms with Crippen molar-refractivity contribution in [1.29, 1.82) is 0 Å². The van der Waals surface area contributed by atoms with Gasteiger partial charge in [-0.15, -0.1) is 10.1 Å². The third-order valence-electron chi connectivity index (χ3n) is 4.62. The van der Waals surface area contributed by atoms with Crippen LogP contribution >= 0.6 is 0 Å². The van der Waals surface area contributed by atoms with E-state index in [9.17, 15) is 28.1 Å². The van der Waals surface area contributed by atoms with Gasteiger partial charge in [0.05, 0.1) is 17.4 Å². The number of aryl methyl sites for hydroxylation is 1. The summed E-state index contributed by atoms with van der Waals surface area (Å²) >= 11 is 0. The highest BCUT2D eigenvalue weighted by molar-refractivity contribution is 7.91. The highest BCUT2D eigenvalue weighted by Crippen LogP contribution is 2.23. The van der Waals surface area contributed by atoms with Gasteiger partial charge in [0.15, 0.2) is 9.84 Å². The highest BCUT2D eigenvalue weighted by atomic mass is 32.2. The van der Waals surface area contributed by atoms with E-state index in [0.29, 0.717) is 0 Å². The minimum atomic E-state index is -3.69. The third kappa shape index (κ3) is 8.56. The fourth-order valence-electron chi connectivity index (χ4n) is 2.85. The van der Waals surface area contributed by atoms with Crippen molar-refractivity contribution >= 4 is 32.7 Å². The summed E-state index contributed by atoms with van der Waals surface area (Å²) in [5.41, 5.74) is 1.88. The van der Waals surface area contributed by atoms with Crippen LogP contribution in [-0.2, 0) is 33.7 Å². The fourth-order valence-corrected chi connectivity index (χ4v) is 3.73. The largest absolute Gasteiger partial charge is 0.510 e. The quantitative estimate of drug-likeness (QED) is 0.202. The first-order chi connectivity index (χ1) is 15.5. The molecule has 0 aliphatic carbocycles. The van der Waals surface area contributed by atoms with Crippen molar-refractivity contribution in [3.05, 3.63) is 57.6 Å². The lowest BCUT2D eigenvalue weighted by Gasteiger charge is -2.13. The maximum atomic E-state index is 12.3. The van der Waals surface area contributed by atoms with Crippen LogP contribution in [0.5, 0.6) is 0 Å². The molecule has 2 atom stereocenters. The van der Waals surface area contributed by atoms with Gasteiger partial charge < -0.3 is 14.2 Å². The van der Waals surface area contributed by atoms with Gasteiger partial charge in [-0.25, -0.2) is 13.2 Å². The number of benzene rings is 2. The number of sulfone groups is 1. The Bertz CT molecular complexity index is 1120. The van der Waals surface area contributed by atoms with Crippen LogP contribution in [0.4, 0.5) is 4.79 Å². The van der Waals surface area contributed by atoms with E-state index >= 15 is 0 Å². The van der Waals surface area contributed by atoms with Crippen molar-refractivity contribution in [2.75, 3.05) is 24.7 Å². The van der Waals surface area contributed by atoms with Gasteiger partial charge in [-0.3, -0.25) is 9.63 Å². The number of hydrogen-bond acceptors (Lipinski definition) is 10. The predicted molar refractivity (Wildman–Crippen MR) is 117 cm³/mol. The molecule has 2 aromatic carbocycles. The molecule has 33 heavy (non-hydrogen) atoms. The molecule has 2 rings (SSSR count). The summed E-state index contributed by atoms with van der Waals surface area (Å²) < 4.78 is 38.1. The first kappa shape index (κ1) is 25.8. The van der Waals surface area contributed by atoms with Crippen LogP contribution in [0.1, 0.15) is 30.9 Å². The van der Waals surface area contributed by atoms with E-state index in [1.54, 1.807) is 6.92 Å². The van der Waals surface area contributed by atoms with Gasteiger partial charge in [0.2, 0.25) is 6.29 Å². The predicted octanol–water partition coefficient (Wildman–Crippen LogP) is 2.92. The van der Waals surface area contributed by atoms with Gasteiger partial charge in [0.25, 0.3) is 5.09 Å². The second-order valence-electron chi connectivity index (χ2n) is 7.26. The Kier molecular flexibility index (Phi) is 8.97. The number of nitrogens with zero attached hydrogens (tertiary/aromatic N) is 1. The Labute approximate surface area is 190 Å². The Morgan fingerprint density at radius 3 is 2.27 bits per heavy atom. The Balaban J connectivity index is 1.76. The zero-order valence-electron chi connectivity index (χ0n) is 18.4. The molecular weight excluding hydrogens is 458 g/mol. The lowest BCUT2D eigenvalue weighted by molar-refractivity contribution is -0.777. The molecule has 0 spiro atoms. The molecule has 12 heteroatoms. The molecule has 0 saturated carbocycles. The molecule has 0 heterocycles. The molecular formula is C21H25NO10S. The average molecular weight is 483 g/mol. The SMILES string of the molecule is Cc1ccc2cc([C@H](C)C(=O)OCCS(=O)(=O)CCOC(=O)OC(C)O[N+](=O)[O-])ccc2c1. The fraction of sp³-hybridized carbons (Fsp3) is 0.429. The summed E-state index contributed by atoms with van der Waals surface area (Å²) in [4.78, 5) is 37.7. The van der Waals surface area contributed by atoms with E-state index in [-0.39, 0.29) is 6.61 Å². The van der Waals surface area contributed by atoms with Crippen LogP contribution in [-0.4, -0.2) is 56.6 Å². The molecule has 0 aromatic heterocycles. The topological polar surface area (TPSA) is 148 Å². The standard InChI is InChI=1S/C21H25NO10S/c1-14-4-5-19-13-17(6-7-18(19)12-14)15(2)20(23)29-8-10-33(27,28)11-9-30-21(24)31-16(3)32-22(25)26/h4-7,12-13,15-16H,8-11H2,1-3H3/t15-,16?/m0/s1. The van der Waals surface area contributed by atoms with Gasteiger partial charge in [-0.2, -0.15) is 0 Å². The van der Waals surface area contributed by atoms with E-state index < -0.39 is 57.4 Å². The average Bonchev–Trinajstić information content (AvgIpc) is 2.71. The van der Waals surface area contributed by atoms with E-state index in [2.05, 4.69) is 14.3 Å². The normalized spacial score (nSPS) is 13.1. The summed E-state index contributed by atoms with van der Waals surface area (Å²) in [7, 11) is -3.69. The summed E-state index contributed by atoms with van der Waals surface area (Å²) in [5.74, 6) is -2.14. The minimum absolute atomic E-state index is 0.351. The van der Waals surface area contributed by atoms with Gasteiger partial charge in [0, 0.05) is 0 Å². The minimum Gasteiger partial charge on any atom is -0.464 e. The zero-order valence-corrected chi connectivity index (χ0v) is 19.2. The number of hydrogen-bond donors (Lipinski definition) is 0. The molecule has 11 nitrogen and oxygen atoms in total. The zero-order chi connectivity index (χ0) is 24.6. The molecule has 0 aliphatic rings. The molecule has 180 valence electrons. The monoisotopic (exact) mass is 483 g/mol. The summed E-state index contributed by atoms with van der Waals surface area (Å²) in [6, 6.07) is 11.6. The molecule has 0 amide bonds. The smallest absolute Gasteiger partial charge is 0.464 e. The second kappa shape index (κ2) is 11.5. The van der Waals surface area contributed by atoms with Crippen molar-refractivity contribution in [3.63, 3.8) is 0 Å². The van der Waals surface area contributed by atoms with Gasteiger partial charge in [-0.1, -0.05) is 42.0 Å². The van der Waals surface area contributed by atoms with Crippen LogP contribution in [0.25, 0.3) is 10.8 Å². The number of carbonyl (C=O) groups is 2. The van der Waals surface area contributed by atoms with Crippen molar-refractivity contribution in [3.8, 4) is 0 Å². The Hall–Kier alpha value is -3.41. The molecule has 0 saturated heterocycles. The second-order valence-corrected chi connectivity index (χ2v) is 9.57. The molecule has 0 aliphatic heterocycles. The summed E-state index contributed by atoms with van der Waals surface area (Å²) in [5, 5.41) is 11.0. The van der Waals surface area contributed by atoms with Crippen LogP contribution < -0.4 is 0 Å². The van der Waals surface area contributed by atoms with Gasteiger partial charge in [0.1, 0.15) is 13.2 Å². The van der Waals surface area contributed by atoms with Crippen LogP contribution in [0.2, 0.25) is 0 Å². The first-order valence-corrected chi connectivity index (χ1v) is 11.8. The number of fused-ring (bicyclic) bond motifs is 1. The van der Waals surface area contributed by atoms with Crippen molar-refractivity contribution < 1.29 is 42.1 Å². The number of esters is 1. The first-order valence-electron chi connectivity index (χ1n) is 9.99. The molecule has 0 bridgehead atoms. The van der Waals surface area contributed by atoms with Gasteiger partial charge >= 0.3 is 12.1 Å². The molecule has 0 radical (unpaired) electrons. The Morgan fingerprint density at radius 2 is 1.61 bits per heavy atom. The lowest BCUT2D eigenvalue weighted by Crippen LogP contribution is -2.25. The van der Waals surface area contributed by atoms with Crippen molar-refractivity contribution in [1.82, 2.24) is 0 Å². The summed E-state index contributed by atoms with van der Waals surface area (Å²) in [6.07, 6.45) is -2.82. The van der Waals surface area contributed by atoms with E-state index in [0.717, 1.165) is 28.8 Å². The number of rotatable bonds is 11. The van der Waals surface area contributed by atoms with E-state index in [4.69, 9.17) is 4.74 Å². The van der Waals surface area contributed by atoms with Crippen molar-refractivity contribution in [2.24, 2.45) is 0 Å². The molecule has 1 unspecified atom stereocenters.